The number of fused-ring (bicyclic) bond motifs is 1. The second-order valence-corrected chi connectivity index (χ2v) is 7.00. The Morgan fingerprint density at radius 2 is 1.88 bits per heavy atom. The lowest BCUT2D eigenvalue weighted by Gasteiger charge is -2.29. The molecule has 2 aliphatic rings. The third-order valence-corrected chi connectivity index (χ3v) is 5.28. The SMILES string of the molecule is COc1cc(C=C2Cc3ccc(N4CCCCC4)cc3C2=O)ccc1O. The van der Waals surface area contributed by atoms with Crippen molar-refractivity contribution in [2.45, 2.75) is 25.7 Å². The normalized spacial score (nSPS) is 18.3. The van der Waals surface area contributed by atoms with Crippen LogP contribution in [0.25, 0.3) is 6.08 Å². The van der Waals surface area contributed by atoms with Gasteiger partial charge in [0.15, 0.2) is 17.3 Å². The molecule has 0 bridgehead atoms. The predicted octanol–water partition coefficient (Wildman–Crippen LogP) is 4.21. The number of Topliss-reactive ketones (excluding diaryl/α,β-unsaturated/α-hetero) is 1. The second-order valence-electron chi connectivity index (χ2n) is 7.00. The van der Waals surface area contributed by atoms with Gasteiger partial charge in [0.1, 0.15) is 0 Å². The molecule has 26 heavy (non-hydrogen) atoms. The zero-order valence-corrected chi connectivity index (χ0v) is 15.0. The summed E-state index contributed by atoms with van der Waals surface area (Å²) in [6.45, 7) is 2.14. The van der Waals surface area contributed by atoms with Crippen LogP contribution in [0.2, 0.25) is 0 Å². The number of nitrogens with zero attached hydrogens (tertiary/aromatic N) is 1. The van der Waals surface area contributed by atoms with Crippen molar-refractivity contribution in [3.63, 3.8) is 0 Å². The maximum Gasteiger partial charge on any atom is 0.189 e. The third kappa shape index (κ3) is 3.07. The highest BCUT2D eigenvalue weighted by Crippen LogP contribution is 2.33. The van der Waals surface area contributed by atoms with Crippen molar-refractivity contribution < 1.29 is 14.6 Å². The summed E-state index contributed by atoms with van der Waals surface area (Å²) in [6, 6.07) is 11.4. The maximum absolute atomic E-state index is 12.9. The smallest absolute Gasteiger partial charge is 0.189 e. The van der Waals surface area contributed by atoms with E-state index in [1.807, 2.05) is 6.08 Å². The largest absolute Gasteiger partial charge is 0.504 e. The lowest BCUT2D eigenvalue weighted by Crippen LogP contribution is -2.29. The highest BCUT2D eigenvalue weighted by molar-refractivity contribution is 6.16. The quantitative estimate of drug-likeness (QED) is 0.843. The van der Waals surface area contributed by atoms with Gasteiger partial charge >= 0.3 is 0 Å². The first-order valence-electron chi connectivity index (χ1n) is 9.16. The van der Waals surface area contributed by atoms with E-state index < -0.39 is 0 Å². The van der Waals surface area contributed by atoms with Gasteiger partial charge in [0, 0.05) is 36.3 Å². The lowest BCUT2D eigenvalue weighted by atomic mass is 10.1. The first-order chi connectivity index (χ1) is 12.7. The number of rotatable bonds is 3. The molecule has 4 rings (SSSR count). The second kappa shape index (κ2) is 6.87. The van der Waals surface area contributed by atoms with E-state index in [2.05, 4.69) is 23.1 Å². The fraction of sp³-hybridized carbons (Fsp3) is 0.318. The number of phenolic OH excluding ortho intramolecular Hbond substituents is 1. The van der Waals surface area contributed by atoms with Gasteiger partial charge in [-0.1, -0.05) is 12.1 Å². The Labute approximate surface area is 153 Å². The van der Waals surface area contributed by atoms with Crippen LogP contribution in [-0.4, -0.2) is 31.1 Å². The van der Waals surface area contributed by atoms with Crippen LogP contribution in [0.5, 0.6) is 11.5 Å². The molecule has 1 aliphatic heterocycles. The molecule has 0 atom stereocenters. The number of carbonyl (C=O) groups excluding carboxylic acids is 1. The molecule has 2 aromatic carbocycles. The molecule has 0 saturated carbocycles. The number of anilines is 1. The zero-order valence-electron chi connectivity index (χ0n) is 15.0. The number of methoxy groups -OCH3 is 1. The molecule has 1 saturated heterocycles. The summed E-state index contributed by atoms with van der Waals surface area (Å²) in [7, 11) is 1.52. The van der Waals surface area contributed by atoms with E-state index in [9.17, 15) is 9.90 Å². The highest BCUT2D eigenvalue weighted by atomic mass is 16.5. The number of ketones is 1. The zero-order chi connectivity index (χ0) is 18.1. The molecule has 2 aromatic rings. The van der Waals surface area contributed by atoms with Gasteiger partial charge in [0.05, 0.1) is 7.11 Å². The summed E-state index contributed by atoms with van der Waals surface area (Å²) in [6.07, 6.45) is 6.28. The molecule has 4 nitrogen and oxygen atoms in total. The van der Waals surface area contributed by atoms with E-state index in [4.69, 9.17) is 4.74 Å². The first-order valence-corrected chi connectivity index (χ1v) is 9.16. The minimum atomic E-state index is 0.0989. The molecule has 0 unspecified atom stereocenters. The summed E-state index contributed by atoms with van der Waals surface area (Å²) in [4.78, 5) is 15.3. The van der Waals surface area contributed by atoms with Crippen molar-refractivity contribution in [3.05, 3.63) is 58.7 Å². The van der Waals surface area contributed by atoms with Crippen molar-refractivity contribution >= 4 is 17.5 Å². The van der Waals surface area contributed by atoms with Gasteiger partial charge in [-0.15, -0.1) is 0 Å². The third-order valence-electron chi connectivity index (χ3n) is 5.28. The van der Waals surface area contributed by atoms with Crippen molar-refractivity contribution in [1.82, 2.24) is 0 Å². The average molecular weight is 349 g/mol. The van der Waals surface area contributed by atoms with Gasteiger partial charge < -0.3 is 14.7 Å². The standard InChI is InChI=1S/C22H23NO3/c1-26-21-12-15(5-8-20(21)24)11-17-13-16-6-7-18(14-19(16)22(17)25)23-9-3-2-4-10-23/h5-8,11-12,14,24H,2-4,9-10,13H2,1H3. The van der Waals surface area contributed by atoms with Crippen LogP contribution in [0, 0.1) is 0 Å². The van der Waals surface area contributed by atoms with E-state index in [-0.39, 0.29) is 11.5 Å². The molecule has 0 aromatic heterocycles. The molecule has 0 spiro atoms. The first kappa shape index (κ1) is 16.7. The molecule has 1 heterocycles. The predicted molar refractivity (Wildman–Crippen MR) is 103 cm³/mol. The summed E-state index contributed by atoms with van der Waals surface area (Å²) in [5, 5.41) is 9.73. The number of allylic oxidation sites excluding steroid dienone is 1. The maximum atomic E-state index is 12.9. The number of carbonyl (C=O) groups is 1. The molecule has 0 amide bonds. The summed E-state index contributed by atoms with van der Waals surface area (Å²) < 4.78 is 5.15. The van der Waals surface area contributed by atoms with Crippen molar-refractivity contribution in [2.75, 3.05) is 25.1 Å². The van der Waals surface area contributed by atoms with Crippen LogP contribution in [0.4, 0.5) is 5.69 Å². The van der Waals surface area contributed by atoms with Gasteiger partial charge in [-0.3, -0.25) is 4.79 Å². The van der Waals surface area contributed by atoms with Crippen molar-refractivity contribution in [1.29, 1.82) is 0 Å². The number of hydrogen-bond acceptors (Lipinski definition) is 4. The summed E-state index contributed by atoms with van der Waals surface area (Å²) in [5.74, 6) is 0.613. The van der Waals surface area contributed by atoms with E-state index in [1.54, 1.807) is 18.2 Å². The minimum absolute atomic E-state index is 0.0989. The molecule has 4 heteroatoms. The fourth-order valence-corrected chi connectivity index (χ4v) is 3.84. The molecular formula is C22H23NO3. The Morgan fingerprint density at radius 3 is 2.65 bits per heavy atom. The monoisotopic (exact) mass is 349 g/mol. The van der Waals surface area contributed by atoms with E-state index in [1.165, 1.54) is 26.4 Å². The van der Waals surface area contributed by atoms with E-state index in [0.29, 0.717) is 12.2 Å². The van der Waals surface area contributed by atoms with Gasteiger partial charge in [-0.25, -0.2) is 0 Å². The highest BCUT2D eigenvalue weighted by Gasteiger charge is 2.26. The van der Waals surface area contributed by atoms with Gasteiger partial charge in [0.25, 0.3) is 0 Å². The Bertz CT molecular complexity index is 879. The molecule has 1 fully saturated rings. The van der Waals surface area contributed by atoms with Crippen molar-refractivity contribution in [3.8, 4) is 11.5 Å². The number of phenols is 1. The molecule has 0 radical (unpaired) electrons. The molecule has 134 valence electrons. The Balaban J connectivity index is 1.61. The Kier molecular flexibility index (Phi) is 4.41. The van der Waals surface area contributed by atoms with Gasteiger partial charge in [0.2, 0.25) is 0 Å². The van der Waals surface area contributed by atoms with Crippen LogP contribution in [-0.2, 0) is 6.42 Å². The number of aromatic hydroxyl groups is 1. The number of piperidine rings is 1. The van der Waals surface area contributed by atoms with E-state index >= 15 is 0 Å². The number of hydrogen-bond donors (Lipinski definition) is 1. The van der Waals surface area contributed by atoms with Crippen LogP contribution in [0.1, 0.15) is 40.7 Å². The van der Waals surface area contributed by atoms with Crippen LogP contribution in [0.15, 0.2) is 42.0 Å². The molecule has 1 N–H and O–H groups in total. The van der Waals surface area contributed by atoms with Crippen LogP contribution in [0.3, 0.4) is 0 Å². The van der Waals surface area contributed by atoms with Crippen molar-refractivity contribution in [2.24, 2.45) is 0 Å². The molecular weight excluding hydrogens is 326 g/mol. The Hall–Kier alpha value is -2.75. The molecule has 1 aliphatic carbocycles. The van der Waals surface area contributed by atoms with Crippen LogP contribution >= 0.6 is 0 Å². The topological polar surface area (TPSA) is 49.8 Å². The number of ether oxygens (including phenoxy) is 1. The Morgan fingerprint density at radius 1 is 1.08 bits per heavy atom. The summed E-state index contributed by atoms with van der Waals surface area (Å²) >= 11 is 0. The minimum Gasteiger partial charge on any atom is -0.504 e. The van der Waals surface area contributed by atoms with Gasteiger partial charge in [-0.2, -0.15) is 0 Å². The van der Waals surface area contributed by atoms with Crippen LogP contribution < -0.4 is 9.64 Å². The van der Waals surface area contributed by atoms with E-state index in [0.717, 1.165) is 41.0 Å². The fourth-order valence-electron chi connectivity index (χ4n) is 3.84. The average Bonchev–Trinajstić information content (AvgIpc) is 2.99. The van der Waals surface area contributed by atoms with Gasteiger partial charge in [-0.05, 0) is 60.7 Å². The number of benzene rings is 2. The lowest BCUT2D eigenvalue weighted by molar-refractivity contribution is 0.104. The summed E-state index contributed by atoms with van der Waals surface area (Å²) in [5.41, 5.74) is 4.71.